The summed E-state index contributed by atoms with van der Waals surface area (Å²) >= 11 is 12.6. The molecule has 1 aliphatic heterocycles. The minimum Gasteiger partial charge on any atom is -0.454 e. The molecule has 2 heterocycles. The van der Waals surface area contributed by atoms with Gasteiger partial charge in [0.2, 0.25) is 0 Å². The van der Waals surface area contributed by atoms with E-state index in [4.69, 9.17) is 32.7 Å². The summed E-state index contributed by atoms with van der Waals surface area (Å²) in [6, 6.07) is 4.84. The third kappa shape index (κ3) is 7.46. The Labute approximate surface area is 205 Å². The van der Waals surface area contributed by atoms with E-state index in [-0.39, 0.29) is 27.6 Å². The number of nitrogens with one attached hydrogen (secondary N) is 1. The Balaban J connectivity index is 1.64. The van der Waals surface area contributed by atoms with Crippen molar-refractivity contribution in [1.29, 1.82) is 0 Å². The molecule has 0 spiro atoms. The fourth-order valence-electron chi connectivity index (χ4n) is 3.30. The first kappa shape index (κ1) is 26.0. The highest BCUT2D eigenvalue weighted by Crippen LogP contribution is 2.39. The van der Waals surface area contributed by atoms with Gasteiger partial charge in [0.05, 0.1) is 5.02 Å². The second-order valence-electron chi connectivity index (χ2n) is 8.60. The van der Waals surface area contributed by atoms with Crippen LogP contribution in [0.15, 0.2) is 30.5 Å². The predicted molar refractivity (Wildman–Crippen MR) is 122 cm³/mol. The van der Waals surface area contributed by atoms with Gasteiger partial charge in [0.15, 0.2) is 11.6 Å². The molecule has 1 aromatic heterocycles. The molecule has 0 unspecified atom stereocenters. The molecule has 0 atom stereocenters. The van der Waals surface area contributed by atoms with Gasteiger partial charge in [-0.1, -0.05) is 23.2 Å². The van der Waals surface area contributed by atoms with Gasteiger partial charge < -0.3 is 24.4 Å². The van der Waals surface area contributed by atoms with Crippen LogP contribution in [0.1, 0.15) is 33.6 Å². The zero-order chi connectivity index (χ0) is 25.1. The number of carbonyl (C=O) groups is 1. The number of piperidine rings is 1. The van der Waals surface area contributed by atoms with Crippen LogP contribution in [0.4, 0.5) is 23.8 Å². The molecule has 1 amide bonds. The SMILES string of the molecule is CC(C)(C)OC(=O)NC1CCN(c2nccc(Oc3ccc(OC(F)(F)F)cc3Cl)c2Cl)CC1. The summed E-state index contributed by atoms with van der Waals surface area (Å²) in [5.41, 5.74) is -0.572. The van der Waals surface area contributed by atoms with Gasteiger partial charge in [0.25, 0.3) is 0 Å². The number of alkyl carbamates (subject to hydrolysis) is 1. The van der Waals surface area contributed by atoms with Crippen LogP contribution in [0, 0.1) is 0 Å². The number of amides is 1. The van der Waals surface area contributed by atoms with E-state index in [1.807, 2.05) is 4.90 Å². The maximum absolute atomic E-state index is 12.4. The number of nitrogens with zero attached hydrogens (tertiary/aromatic N) is 2. The number of pyridine rings is 1. The van der Waals surface area contributed by atoms with Crippen molar-refractivity contribution >= 4 is 35.1 Å². The quantitative estimate of drug-likeness (QED) is 0.479. The molecule has 2 aromatic rings. The number of hydrogen-bond acceptors (Lipinski definition) is 6. The summed E-state index contributed by atoms with van der Waals surface area (Å²) in [6.07, 6.45) is -2.45. The molecule has 3 rings (SSSR count). The summed E-state index contributed by atoms with van der Waals surface area (Å²) in [5.74, 6) is 0.375. The number of aromatic nitrogens is 1. The molecule has 186 valence electrons. The molecule has 0 radical (unpaired) electrons. The van der Waals surface area contributed by atoms with Crippen molar-refractivity contribution in [3.63, 3.8) is 0 Å². The van der Waals surface area contributed by atoms with Crippen LogP contribution >= 0.6 is 23.2 Å². The first-order chi connectivity index (χ1) is 15.8. The number of benzene rings is 1. The van der Waals surface area contributed by atoms with Crippen LogP contribution in [-0.2, 0) is 4.74 Å². The van der Waals surface area contributed by atoms with E-state index in [2.05, 4.69) is 15.0 Å². The lowest BCUT2D eigenvalue weighted by Gasteiger charge is -2.34. The normalized spacial score (nSPS) is 15.1. The maximum Gasteiger partial charge on any atom is 0.573 e. The Hall–Kier alpha value is -2.59. The first-order valence-corrected chi connectivity index (χ1v) is 11.2. The van der Waals surface area contributed by atoms with Gasteiger partial charge in [-0.2, -0.15) is 0 Å². The maximum atomic E-state index is 12.4. The highest BCUT2D eigenvalue weighted by atomic mass is 35.5. The zero-order valence-corrected chi connectivity index (χ0v) is 20.2. The Morgan fingerprint density at radius 2 is 1.79 bits per heavy atom. The molecule has 0 aliphatic carbocycles. The van der Waals surface area contributed by atoms with Gasteiger partial charge in [0, 0.05) is 37.5 Å². The average Bonchev–Trinajstić information content (AvgIpc) is 2.69. The van der Waals surface area contributed by atoms with Crippen molar-refractivity contribution < 1.29 is 32.2 Å². The molecule has 1 aliphatic rings. The lowest BCUT2D eigenvalue weighted by molar-refractivity contribution is -0.274. The zero-order valence-electron chi connectivity index (χ0n) is 18.7. The van der Waals surface area contributed by atoms with E-state index >= 15 is 0 Å². The molecule has 1 aromatic carbocycles. The summed E-state index contributed by atoms with van der Waals surface area (Å²) < 4.78 is 52.1. The van der Waals surface area contributed by atoms with Gasteiger partial charge in [0.1, 0.15) is 22.1 Å². The Kier molecular flexibility index (Phi) is 7.92. The predicted octanol–water partition coefficient (Wildman–Crippen LogP) is 6.57. The van der Waals surface area contributed by atoms with Gasteiger partial charge >= 0.3 is 12.5 Å². The summed E-state index contributed by atoms with van der Waals surface area (Å²) in [6.45, 7) is 6.57. The largest absolute Gasteiger partial charge is 0.573 e. The van der Waals surface area contributed by atoms with Crippen LogP contribution in [0.25, 0.3) is 0 Å². The number of anilines is 1. The van der Waals surface area contributed by atoms with Crippen molar-refractivity contribution in [2.24, 2.45) is 0 Å². The van der Waals surface area contributed by atoms with Crippen molar-refractivity contribution in [3.8, 4) is 17.2 Å². The van der Waals surface area contributed by atoms with Gasteiger partial charge in [-0.3, -0.25) is 0 Å². The first-order valence-electron chi connectivity index (χ1n) is 10.4. The van der Waals surface area contributed by atoms with Gasteiger partial charge in [-0.05, 0) is 45.7 Å². The molecule has 7 nitrogen and oxygen atoms in total. The second-order valence-corrected chi connectivity index (χ2v) is 9.38. The van der Waals surface area contributed by atoms with Crippen LogP contribution in [-0.4, -0.2) is 42.2 Å². The fraction of sp³-hybridized carbons (Fsp3) is 0.455. The third-order valence-corrected chi connectivity index (χ3v) is 5.36. The summed E-state index contributed by atoms with van der Waals surface area (Å²) in [5, 5.41) is 3.02. The van der Waals surface area contributed by atoms with Crippen molar-refractivity contribution in [2.75, 3.05) is 18.0 Å². The van der Waals surface area contributed by atoms with Gasteiger partial charge in [-0.25, -0.2) is 9.78 Å². The van der Waals surface area contributed by atoms with Crippen LogP contribution in [0.3, 0.4) is 0 Å². The highest BCUT2D eigenvalue weighted by Gasteiger charge is 2.31. The number of alkyl halides is 3. The number of carbonyl (C=O) groups excluding carboxylic acids is 1. The lowest BCUT2D eigenvalue weighted by atomic mass is 10.1. The lowest BCUT2D eigenvalue weighted by Crippen LogP contribution is -2.46. The van der Waals surface area contributed by atoms with E-state index in [0.29, 0.717) is 31.7 Å². The van der Waals surface area contributed by atoms with Crippen LogP contribution in [0.2, 0.25) is 10.0 Å². The van der Waals surface area contributed by atoms with Crippen molar-refractivity contribution in [3.05, 3.63) is 40.5 Å². The fourth-order valence-corrected chi connectivity index (χ4v) is 3.78. The average molecular weight is 522 g/mol. The smallest absolute Gasteiger partial charge is 0.454 e. The molecule has 1 N–H and O–H groups in total. The Morgan fingerprint density at radius 1 is 1.12 bits per heavy atom. The number of ether oxygens (including phenoxy) is 3. The topological polar surface area (TPSA) is 72.9 Å². The minimum atomic E-state index is -4.83. The number of hydrogen-bond donors (Lipinski definition) is 1. The monoisotopic (exact) mass is 521 g/mol. The second kappa shape index (κ2) is 10.4. The number of rotatable bonds is 5. The van der Waals surface area contributed by atoms with E-state index in [9.17, 15) is 18.0 Å². The van der Waals surface area contributed by atoms with E-state index in [0.717, 1.165) is 12.1 Å². The molecule has 34 heavy (non-hydrogen) atoms. The van der Waals surface area contributed by atoms with E-state index < -0.39 is 23.8 Å². The Bertz CT molecular complexity index is 1020. The molecular formula is C22H24Cl2F3N3O4. The molecule has 12 heteroatoms. The van der Waals surface area contributed by atoms with Crippen LogP contribution in [0.5, 0.6) is 17.2 Å². The molecule has 1 fully saturated rings. The molecular weight excluding hydrogens is 498 g/mol. The van der Waals surface area contributed by atoms with E-state index in [1.165, 1.54) is 18.3 Å². The minimum absolute atomic E-state index is 0.0412. The molecule has 1 saturated heterocycles. The van der Waals surface area contributed by atoms with E-state index in [1.54, 1.807) is 20.8 Å². The standard InChI is InChI=1S/C22H24Cl2F3N3O4/c1-21(2,3)34-20(31)29-13-7-10-30(11-8-13)19-18(24)17(6-9-28-19)32-16-5-4-14(12-15(16)23)33-22(25,26)27/h4-6,9,12-13H,7-8,10-11H2,1-3H3,(H,29,31). The van der Waals surface area contributed by atoms with Gasteiger partial charge in [-0.15, -0.1) is 13.2 Å². The summed E-state index contributed by atoms with van der Waals surface area (Å²) in [7, 11) is 0. The molecule has 0 bridgehead atoms. The summed E-state index contributed by atoms with van der Waals surface area (Å²) in [4.78, 5) is 18.3. The highest BCUT2D eigenvalue weighted by molar-refractivity contribution is 6.34. The van der Waals surface area contributed by atoms with Crippen molar-refractivity contribution in [1.82, 2.24) is 10.3 Å². The Morgan fingerprint density at radius 3 is 2.38 bits per heavy atom. The molecule has 0 saturated carbocycles. The third-order valence-electron chi connectivity index (χ3n) is 4.71. The number of halogens is 5. The van der Waals surface area contributed by atoms with Crippen molar-refractivity contribution in [2.45, 2.75) is 51.6 Å². The van der Waals surface area contributed by atoms with Crippen LogP contribution < -0.4 is 19.7 Å².